The van der Waals surface area contributed by atoms with Gasteiger partial charge in [0.15, 0.2) is 0 Å². The first-order chi connectivity index (χ1) is 6.85. The summed E-state index contributed by atoms with van der Waals surface area (Å²) in [4.78, 5) is 0. The third-order valence-electron chi connectivity index (χ3n) is 1.90. The van der Waals surface area contributed by atoms with E-state index in [-0.39, 0.29) is 59.1 Å². The third-order valence-corrected chi connectivity index (χ3v) is 2.63. The van der Waals surface area contributed by atoms with Crippen LogP contribution >= 0.6 is 11.3 Å². The molecule has 0 aliphatic heterocycles. The first-order valence-corrected chi connectivity index (χ1v) is 5.86. The smallest absolute Gasteiger partial charge is 0.900 e. The zero-order chi connectivity index (χ0) is 10.6. The van der Waals surface area contributed by atoms with E-state index in [1.54, 1.807) is 11.3 Å². The fourth-order valence-corrected chi connectivity index (χ4v) is 1.89. The van der Waals surface area contributed by atoms with Crippen LogP contribution in [-0.4, -0.2) is 7.69 Å². The molecule has 0 unspecified atom stereocenters. The van der Waals surface area contributed by atoms with Crippen molar-refractivity contribution in [1.29, 1.82) is 0 Å². The minimum atomic E-state index is -0.500. The van der Waals surface area contributed by atoms with Crippen LogP contribution in [0.4, 0.5) is 0 Å². The molecule has 79 valence electrons. The van der Waals surface area contributed by atoms with E-state index >= 15 is 0 Å². The van der Waals surface area contributed by atoms with E-state index in [0.29, 0.717) is 0 Å². The summed E-state index contributed by atoms with van der Waals surface area (Å²) >= 11 is 1.80. The van der Waals surface area contributed by atoms with Crippen LogP contribution in [-0.2, 0) is 6.42 Å². The molecule has 1 aromatic rings. The molecule has 0 fully saturated rings. The normalized spacial score (nSPS) is 7.94. The van der Waals surface area contributed by atoms with Gasteiger partial charge in [-0.15, -0.1) is 0 Å². The van der Waals surface area contributed by atoms with Crippen molar-refractivity contribution in [1.82, 2.24) is 0 Å². The van der Waals surface area contributed by atoms with Gasteiger partial charge in [-0.2, -0.15) is 11.3 Å². The molecule has 0 atom stereocenters. The third kappa shape index (κ3) is 15.7. The number of aryl methyl sites for hydroxylation is 1. The molecule has 1 radical (unpaired) electrons. The summed E-state index contributed by atoms with van der Waals surface area (Å²) in [5, 5.41) is 20.9. The summed E-state index contributed by atoms with van der Waals surface area (Å²) < 4.78 is 0. The molecule has 0 amide bonds. The number of unbranched alkanes of at least 4 members (excludes halogenated alkanes) is 3. The summed E-state index contributed by atoms with van der Waals surface area (Å²) in [7, 11) is -0.500. The molecule has 0 bridgehead atoms. The number of thiophene rings is 1. The van der Waals surface area contributed by atoms with Gasteiger partial charge in [0.2, 0.25) is 0 Å². The van der Waals surface area contributed by atoms with Gasteiger partial charge in [-0.25, -0.2) is 7.69 Å². The number of hydrogen-bond acceptors (Lipinski definition) is 3. The van der Waals surface area contributed by atoms with Crippen molar-refractivity contribution >= 4 is 19.0 Å². The van der Waals surface area contributed by atoms with Crippen LogP contribution < -0.4 is 69.2 Å². The van der Waals surface area contributed by atoms with Gasteiger partial charge in [0.05, 0.1) is 0 Å². The Morgan fingerprint density at radius 3 is 2.25 bits per heavy atom. The van der Waals surface area contributed by atoms with Crippen LogP contribution in [0, 0.1) is 0 Å². The van der Waals surface area contributed by atoms with Crippen molar-refractivity contribution in [2.45, 2.75) is 39.0 Å². The second-order valence-electron chi connectivity index (χ2n) is 3.04. The second kappa shape index (κ2) is 19.0. The van der Waals surface area contributed by atoms with Crippen LogP contribution in [0.2, 0.25) is 0 Å². The Kier molecular flexibility index (Phi) is 27.2. The maximum absolute atomic E-state index is 8.25. The second-order valence-corrected chi connectivity index (χ2v) is 3.82. The molecule has 1 aromatic heterocycles. The fourth-order valence-electron chi connectivity index (χ4n) is 1.19. The van der Waals surface area contributed by atoms with E-state index in [4.69, 9.17) is 10.0 Å². The summed E-state index contributed by atoms with van der Waals surface area (Å²) in [5.41, 5.74) is 1.52. The molecule has 6 heteroatoms. The van der Waals surface area contributed by atoms with Crippen LogP contribution in [0.25, 0.3) is 0 Å². The van der Waals surface area contributed by atoms with Gasteiger partial charge in [0, 0.05) is 0 Å². The summed E-state index contributed by atoms with van der Waals surface area (Å²) in [6.07, 6.45) is 6.77. The van der Waals surface area contributed by atoms with E-state index in [2.05, 4.69) is 23.8 Å². The van der Waals surface area contributed by atoms with Crippen molar-refractivity contribution in [3.8, 4) is 0 Å². The molecule has 0 saturated carbocycles. The summed E-state index contributed by atoms with van der Waals surface area (Å²) in [6.45, 7) is 2.25. The molecule has 1 rings (SSSR count). The van der Waals surface area contributed by atoms with E-state index < -0.39 is 7.69 Å². The first-order valence-electron chi connectivity index (χ1n) is 4.91. The Balaban J connectivity index is -0.000000306. The van der Waals surface area contributed by atoms with Crippen molar-refractivity contribution in [3.05, 3.63) is 22.4 Å². The monoisotopic (exact) mass is 257 g/mol. The minimum Gasteiger partial charge on any atom is -0.900 e. The molecule has 0 aliphatic rings. The largest absolute Gasteiger partial charge is 1.00 e. The molecule has 0 saturated heterocycles. The van der Waals surface area contributed by atoms with E-state index in [1.807, 2.05) is 0 Å². The average Bonchev–Trinajstić information content (AvgIpc) is 2.66. The SMILES string of the molecule is CCCCCCc1ccsc1.[Na+].[Na+].[O-][B][O-]. The van der Waals surface area contributed by atoms with Crippen molar-refractivity contribution < 1.29 is 69.2 Å². The van der Waals surface area contributed by atoms with Gasteiger partial charge in [-0.3, -0.25) is 0 Å². The predicted octanol–water partition coefficient (Wildman–Crippen LogP) is -4.88. The summed E-state index contributed by atoms with van der Waals surface area (Å²) in [6, 6.07) is 2.23. The molecular formula is C10H16BNa2O2S. The molecule has 0 aromatic carbocycles. The average molecular weight is 257 g/mol. The maximum atomic E-state index is 8.25. The van der Waals surface area contributed by atoms with E-state index in [9.17, 15) is 0 Å². The first kappa shape index (κ1) is 22.8. The zero-order valence-electron chi connectivity index (χ0n) is 10.6. The van der Waals surface area contributed by atoms with Gasteiger partial charge in [-0.1, -0.05) is 26.2 Å². The fraction of sp³-hybridized carbons (Fsp3) is 0.600. The maximum Gasteiger partial charge on any atom is 1.00 e. The molecular weight excluding hydrogens is 241 g/mol. The molecule has 0 aliphatic carbocycles. The molecule has 16 heavy (non-hydrogen) atoms. The Bertz CT molecular complexity index is 199. The molecule has 1 heterocycles. The van der Waals surface area contributed by atoms with Gasteiger partial charge in [0.1, 0.15) is 0 Å². The zero-order valence-corrected chi connectivity index (χ0v) is 15.4. The predicted molar refractivity (Wildman–Crippen MR) is 57.9 cm³/mol. The van der Waals surface area contributed by atoms with Crippen LogP contribution in [0.5, 0.6) is 0 Å². The Hall–Kier alpha value is 1.68. The molecule has 2 nitrogen and oxygen atoms in total. The number of hydrogen-bond donors (Lipinski definition) is 0. The van der Waals surface area contributed by atoms with Crippen molar-refractivity contribution in [2.24, 2.45) is 0 Å². The topological polar surface area (TPSA) is 46.1 Å². The number of rotatable bonds is 5. The van der Waals surface area contributed by atoms with Crippen LogP contribution in [0.3, 0.4) is 0 Å². The quantitative estimate of drug-likeness (QED) is 0.392. The van der Waals surface area contributed by atoms with Gasteiger partial charge in [-0.05, 0) is 35.2 Å². The minimum absolute atomic E-state index is 0. The van der Waals surface area contributed by atoms with Gasteiger partial charge in [0.25, 0.3) is 0 Å². The van der Waals surface area contributed by atoms with E-state index in [1.165, 1.54) is 37.7 Å². The Labute approximate surface area is 148 Å². The van der Waals surface area contributed by atoms with Gasteiger partial charge < -0.3 is 10.0 Å². The summed E-state index contributed by atoms with van der Waals surface area (Å²) in [5.74, 6) is 0. The standard InChI is InChI=1S/C10H16S.BO2.2Na/c1-2-3-4-5-6-10-7-8-11-9-10;2-1-3;;/h7-9H,2-6H2,1H3;;;/q;-2;2*+1. The van der Waals surface area contributed by atoms with Crippen LogP contribution in [0.1, 0.15) is 38.2 Å². The van der Waals surface area contributed by atoms with E-state index in [0.717, 1.165) is 0 Å². The van der Waals surface area contributed by atoms with Crippen molar-refractivity contribution in [3.63, 3.8) is 0 Å². The van der Waals surface area contributed by atoms with Gasteiger partial charge >= 0.3 is 59.1 Å². The Morgan fingerprint density at radius 1 is 1.19 bits per heavy atom. The van der Waals surface area contributed by atoms with Crippen molar-refractivity contribution in [2.75, 3.05) is 0 Å². The molecule has 0 spiro atoms. The van der Waals surface area contributed by atoms with Crippen LogP contribution in [0.15, 0.2) is 16.8 Å². The molecule has 0 N–H and O–H groups in total. The Morgan fingerprint density at radius 2 is 1.81 bits per heavy atom.